The summed E-state index contributed by atoms with van der Waals surface area (Å²) in [7, 11) is 1.86. The Balaban J connectivity index is 2.08. The zero-order chi connectivity index (χ0) is 17.7. The number of benzene rings is 1. The number of anilines is 1. The van der Waals surface area contributed by atoms with E-state index in [1.165, 1.54) is 6.08 Å². The molecule has 1 aromatic heterocycles. The van der Waals surface area contributed by atoms with E-state index in [-0.39, 0.29) is 5.91 Å². The maximum absolute atomic E-state index is 12.1. The fourth-order valence-corrected chi connectivity index (χ4v) is 2.31. The lowest BCUT2D eigenvalue weighted by Crippen LogP contribution is -2.09. The predicted molar refractivity (Wildman–Crippen MR) is 92.7 cm³/mol. The minimum absolute atomic E-state index is 0.279. The van der Waals surface area contributed by atoms with Gasteiger partial charge in [-0.25, -0.2) is 4.79 Å². The fraction of sp³-hybridized carbons (Fsp3) is 0.278. The van der Waals surface area contributed by atoms with Crippen molar-refractivity contribution in [1.82, 2.24) is 9.78 Å². The van der Waals surface area contributed by atoms with Crippen LogP contribution < -0.4 is 5.32 Å². The molecule has 6 heteroatoms. The second kappa shape index (κ2) is 7.59. The molecule has 0 fully saturated rings. The highest BCUT2D eigenvalue weighted by Gasteiger charge is 2.09. The van der Waals surface area contributed by atoms with E-state index in [4.69, 9.17) is 4.74 Å². The van der Waals surface area contributed by atoms with Crippen LogP contribution in [-0.2, 0) is 16.6 Å². The summed E-state index contributed by atoms with van der Waals surface area (Å²) in [5, 5.41) is 7.04. The van der Waals surface area contributed by atoms with E-state index in [0.29, 0.717) is 17.9 Å². The number of rotatable bonds is 5. The zero-order valence-corrected chi connectivity index (χ0v) is 14.3. The third kappa shape index (κ3) is 4.10. The van der Waals surface area contributed by atoms with Crippen LogP contribution in [0.3, 0.4) is 0 Å². The number of hydrogen-bond donors (Lipinski definition) is 1. The van der Waals surface area contributed by atoms with Gasteiger partial charge in [0.1, 0.15) is 0 Å². The summed E-state index contributed by atoms with van der Waals surface area (Å²) in [6, 6.07) is 6.65. The van der Waals surface area contributed by atoms with Gasteiger partial charge in [-0.2, -0.15) is 5.10 Å². The Labute approximate surface area is 141 Å². The Kier molecular flexibility index (Phi) is 5.52. The lowest BCUT2D eigenvalue weighted by molar-refractivity contribution is -0.111. The number of esters is 1. The maximum Gasteiger partial charge on any atom is 0.338 e. The van der Waals surface area contributed by atoms with Gasteiger partial charge >= 0.3 is 5.97 Å². The average Bonchev–Trinajstić information content (AvgIpc) is 2.78. The van der Waals surface area contributed by atoms with Crippen LogP contribution in [0.25, 0.3) is 6.08 Å². The van der Waals surface area contributed by atoms with E-state index in [1.54, 1.807) is 41.9 Å². The number of aromatic nitrogens is 2. The number of nitrogens with one attached hydrogen (secondary N) is 1. The van der Waals surface area contributed by atoms with Gasteiger partial charge in [0.05, 0.1) is 17.9 Å². The molecule has 1 heterocycles. The third-order valence-corrected chi connectivity index (χ3v) is 3.61. The summed E-state index contributed by atoms with van der Waals surface area (Å²) >= 11 is 0. The summed E-state index contributed by atoms with van der Waals surface area (Å²) in [6.45, 7) is 5.90. The monoisotopic (exact) mass is 327 g/mol. The molecule has 0 bridgehead atoms. The smallest absolute Gasteiger partial charge is 0.338 e. The van der Waals surface area contributed by atoms with Gasteiger partial charge in [0, 0.05) is 30.1 Å². The van der Waals surface area contributed by atoms with Crippen molar-refractivity contribution in [2.24, 2.45) is 7.05 Å². The number of carbonyl (C=O) groups excluding carboxylic acids is 2. The lowest BCUT2D eigenvalue weighted by Gasteiger charge is -2.05. The summed E-state index contributed by atoms with van der Waals surface area (Å²) in [6.07, 6.45) is 3.19. The van der Waals surface area contributed by atoms with Crippen LogP contribution in [0.5, 0.6) is 0 Å². The molecule has 0 atom stereocenters. The summed E-state index contributed by atoms with van der Waals surface area (Å²) in [4.78, 5) is 23.8. The Morgan fingerprint density at radius 3 is 2.71 bits per heavy atom. The van der Waals surface area contributed by atoms with Gasteiger partial charge in [-0.3, -0.25) is 9.48 Å². The van der Waals surface area contributed by atoms with E-state index in [2.05, 4.69) is 10.4 Å². The Bertz CT molecular complexity index is 791. The minimum atomic E-state index is -0.411. The van der Waals surface area contributed by atoms with Crippen molar-refractivity contribution < 1.29 is 14.3 Å². The van der Waals surface area contributed by atoms with E-state index >= 15 is 0 Å². The molecule has 0 aliphatic carbocycles. The summed E-state index contributed by atoms with van der Waals surface area (Å²) in [5.74, 6) is -0.690. The van der Waals surface area contributed by atoms with Crippen molar-refractivity contribution in [2.45, 2.75) is 20.8 Å². The zero-order valence-electron chi connectivity index (χ0n) is 14.3. The number of carbonyl (C=O) groups is 2. The summed E-state index contributed by atoms with van der Waals surface area (Å²) in [5.41, 5.74) is 3.71. The van der Waals surface area contributed by atoms with Crippen molar-refractivity contribution in [3.8, 4) is 0 Å². The minimum Gasteiger partial charge on any atom is -0.462 e. The molecule has 1 amide bonds. The van der Waals surface area contributed by atoms with E-state index in [9.17, 15) is 9.59 Å². The summed E-state index contributed by atoms with van der Waals surface area (Å²) < 4.78 is 6.72. The third-order valence-electron chi connectivity index (χ3n) is 3.61. The number of hydrogen-bond acceptors (Lipinski definition) is 4. The van der Waals surface area contributed by atoms with E-state index < -0.39 is 5.97 Å². The molecule has 2 rings (SSSR count). The first-order valence-corrected chi connectivity index (χ1v) is 7.68. The molecule has 126 valence electrons. The van der Waals surface area contributed by atoms with Crippen LogP contribution in [-0.4, -0.2) is 28.3 Å². The molecule has 1 aromatic carbocycles. The highest BCUT2D eigenvalue weighted by atomic mass is 16.5. The van der Waals surface area contributed by atoms with Crippen LogP contribution in [0.15, 0.2) is 30.3 Å². The van der Waals surface area contributed by atoms with Crippen LogP contribution in [0.4, 0.5) is 5.69 Å². The molecule has 0 saturated carbocycles. The van der Waals surface area contributed by atoms with Crippen LogP contribution in [0.1, 0.15) is 34.2 Å². The molecular formula is C18H21N3O3. The van der Waals surface area contributed by atoms with Crippen molar-refractivity contribution in [3.05, 3.63) is 52.9 Å². The largest absolute Gasteiger partial charge is 0.462 e. The number of ether oxygens (including phenoxy) is 1. The first kappa shape index (κ1) is 17.5. The SMILES string of the molecule is CCOC(=O)c1cccc(NC(=O)/C=C/c2c(C)nn(C)c2C)c1. The first-order valence-electron chi connectivity index (χ1n) is 7.68. The predicted octanol–water partition coefficient (Wildman–Crippen LogP) is 2.87. The van der Waals surface area contributed by atoms with Crippen LogP contribution in [0, 0.1) is 13.8 Å². The molecule has 0 aliphatic rings. The molecule has 0 spiro atoms. The first-order chi connectivity index (χ1) is 11.4. The topological polar surface area (TPSA) is 73.2 Å². The fourth-order valence-electron chi connectivity index (χ4n) is 2.31. The van der Waals surface area contributed by atoms with E-state index in [0.717, 1.165) is 17.0 Å². The molecule has 2 aromatic rings. The second-order valence-electron chi connectivity index (χ2n) is 5.33. The Morgan fingerprint density at radius 2 is 2.08 bits per heavy atom. The van der Waals surface area contributed by atoms with Crippen molar-refractivity contribution in [2.75, 3.05) is 11.9 Å². The van der Waals surface area contributed by atoms with E-state index in [1.807, 2.05) is 20.9 Å². The van der Waals surface area contributed by atoms with Crippen LogP contribution >= 0.6 is 0 Å². The van der Waals surface area contributed by atoms with Gasteiger partial charge in [0.15, 0.2) is 0 Å². The molecule has 0 aliphatic heterocycles. The molecule has 24 heavy (non-hydrogen) atoms. The Morgan fingerprint density at radius 1 is 1.33 bits per heavy atom. The maximum atomic E-state index is 12.1. The normalized spacial score (nSPS) is 10.8. The van der Waals surface area contributed by atoms with Gasteiger partial charge in [0.2, 0.25) is 5.91 Å². The van der Waals surface area contributed by atoms with Gasteiger partial charge in [-0.15, -0.1) is 0 Å². The van der Waals surface area contributed by atoms with Crippen molar-refractivity contribution in [3.63, 3.8) is 0 Å². The molecule has 6 nitrogen and oxygen atoms in total. The highest BCUT2D eigenvalue weighted by molar-refractivity contribution is 6.02. The molecule has 0 saturated heterocycles. The molecule has 0 unspecified atom stereocenters. The van der Waals surface area contributed by atoms with Gasteiger partial charge < -0.3 is 10.1 Å². The number of aryl methyl sites for hydroxylation is 2. The number of nitrogens with zero attached hydrogens (tertiary/aromatic N) is 2. The molecule has 1 N–H and O–H groups in total. The molecule has 0 radical (unpaired) electrons. The van der Waals surface area contributed by atoms with Crippen LogP contribution in [0.2, 0.25) is 0 Å². The quantitative estimate of drug-likeness (QED) is 0.677. The highest BCUT2D eigenvalue weighted by Crippen LogP contribution is 2.15. The van der Waals surface area contributed by atoms with Gasteiger partial charge in [0.25, 0.3) is 0 Å². The Hall–Kier alpha value is -2.89. The second-order valence-corrected chi connectivity index (χ2v) is 5.33. The lowest BCUT2D eigenvalue weighted by atomic mass is 10.2. The standard InChI is InChI=1S/C18H21N3O3/c1-5-24-18(23)14-7-6-8-15(11-14)19-17(22)10-9-16-12(2)20-21(4)13(16)3/h6-11H,5H2,1-4H3,(H,19,22)/b10-9+. The average molecular weight is 327 g/mol. The molecular weight excluding hydrogens is 306 g/mol. The van der Waals surface area contributed by atoms with Crippen molar-refractivity contribution >= 4 is 23.6 Å². The van der Waals surface area contributed by atoms with Crippen molar-refractivity contribution in [1.29, 1.82) is 0 Å². The van der Waals surface area contributed by atoms with Gasteiger partial charge in [-0.05, 0) is 45.0 Å². The number of amides is 1. The van der Waals surface area contributed by atoms with Gasteiger partial charge in [-0.1, -0.05) is 6.07 Å².